The summed E-state index contributed by atoms with van der Waals surface area (Å²) in [6.45, 7) is 1.91. The molecule has 1 atom stereocenters. The zero-order chi connectivity index (χ0) is 21.4. The maximum Gasteiger partial charge on any atom is 0.255 e. The zero-order valence-corrected chi connectivity index (χ0v) is 17.5. The minimum atomic E-state index is -0.598. The number of hydrogen-bond acceptors (Lipinski definition) is 5. The second-order valence-corrected chi connectivity index (χ2v) is 8.89. The number of hydrogen-bond donors (Lipinski definition) is 3. The van der Waals surface area contributed by atoms with Gasteiger partial charge in [-0.25, -0.2) is 9.97 Å². The summed E-state index contributed by atoms with van der Waals surface area (Å²) in [5.41, 5.74) is 2.45. The molecule has 0 unspecified atom stereocenters. The Balaban J connectivity index is 1.21. The monoisotopic (exact) mass is 424 g/mol. The number of fused-ring (bicyclic) bond motifs is 1. The van der Waals surface area contributed by atoms with Crippen molar-refractivity contribution in [1.29, 1.82) is 0 Å². The number of aromatic amines is 1. The van der Waals surface area contributed by atoms with E-state index in [2.05, 4.69) is 25.6 Å². The Kier molecular flexibility index (Phi) is 5.33. The van der Waals surface area contributed by atoms with Crippen molar-refractivity contribution < 1.29 is 14.4 Å². The number of carbonyl (C=O) groups excluding carboxylic acids is 3. The summed E-state index contributed by atoms with van der Waals surface area (Å²) in [5.74, 6) is 0.101. The molecule has 2 aromatic heterocycles. The lowest BCUT2D eigenvalue weighted by Crippen LogP contribution is -2.48. The topological polar surface area (TPSA) is 120 Å². The molecule has 164 valence electrons. The number of nitrogens with zero attached hydrogens (tertiary/aromatic N) is 3. The molecule has 2 saturated carbocycles. The fourth-order valence-electron chi connectivity index (χ4n) is 4.23. The van der Waals surface area contributed by atoms with E-state index in [-0.39, 0.29) is 30.2 Å². The van der Waals surface area contributed by atoms with E-state index in [9.17, 15) is 14.4 Å². The molecular formula is C22H28N6O3. The average Bonchev–Trinajstić information content (AvgIpc) is 3.70. The minimum Gasteiger partial charge on any atom is -0.354 e. The molecule has 0 spiro atoms. The molecule has 1 saturated heterocycles. The van der Waals surface area contributed by atoms with Crippen LogP contribution in [0.15, 0.2) is 12.4 Å². The standard InChI is InChI=1S/C22H28N6O3/c29-17(28-9-1-2-10-28)7-8-23-22(31)18(14-5-6-14)27-21(30)15-11-24-20-19(15)26-16(12-25-20)13-3-4-13/h11-14,18H,1-10H2,(H,23,31)(H,24,25)(H,27,30)/t18-/m1/s1. The van der Waals surface area contributed by atoms with Gasteiger partial charge in [0, 0.05) is 38.2 Å². The van der Waals surface area contributed by atoms with Gasteiger partial charge in [0.25, 0.3) is 5.91 Å². The lowest BCUT2D eigenvalue weighted by molar-refractivity contribution is -0.130. The summed E-state index contributed by atoms with van der Waals surface area (Å²) in [6.07, 6.45) is 9.79. The maximum absolute atomic E-state index is 13.0. The van der Waals surface area contributed by atoms with Gasteiger partial charge in [0.15, 0.2) is 5.65 Å². The molecular weight excluding hydrogens is 396 g/mol. The highest BCUT2D eigenvalue weighted by Crippen LogP contribution is 2.39. The van der Waals surface area contributed by atoms with Gasteiger partial charge < -0.3 is 20.5 Å². The van der Waals surface area contributed by atoms with E-state index in [0.29, 0.717) is 29.1 Å². The molecule has 2 aliphatic carbocycles. The highest BCUT2D eigenvalue weighted by atomic mass is 16.2. The number of H-pyrrole nitrogens is 1. The Morgan fingerprint density at radius 3 is 2.65 bits per heavy atom. The van der Waals surface area contributed by atoms with Crippen LogP contribution in [0.1, 0.15) is 66.9 Å². The quantitative estimate of drug-likeness (QED) is 0.593. The van der Waals surface area contributed by atoms with Crippen LogP contribution < -0.4 is 10.6 Å². The molecule has 2 aromatic rings. The van der Waals surface area contributed by atoms with E-state index in [1.165, 1.54) is 0 Å². The molecule has 0 bridgehead atoms. The van der Waals surface area contributed by atoms with Crippen molar-refractivity contribution in [3.05, 3.63) is 23.7 Å². The van der Waals surface area contributed by atoms with Crippen LogP contribution in [0.25, 0.3) is 11.2 Å². The fourth-order valence-corrected chi connectivity index (χ4v) is 4.23. The molecule has 0 aromatic carbocycles. The summed E-state index contributed by atoms with van der Waals surface area (Å²) < 4.78 is 0. The van der Waals surface area contributed by atoms with Crippen LogP contribution >= 0.6 is 0 Å². The number of aromatic nitrogens is 3. The van der Waals surface area contributed by atoms with Crippen molar-refractivity contribution in [3.8, 4) is 0 Å². The van der Waals surface area contributed by atoms with Crippen LogP contribution in [0.5, 0.6) is 0 Å². The molecule has 1 aliphatic heterocycles. The Labute approximate surface area is 180 Å². The van der Waals surface area contributed by atoms with Crippen LogP contribution in [0, 0.1) is 5.92 Å². The van der Waals surface area contributed by atoms with Crippen molar-refractivity contribution in [3.63, 3.8) is 0 Å². The third-order valence-corrected chi connectivity index (χ3v) is 6.40. The third kappa shape index (κ3) is 4.40. The van der Waals surface area contributed by atoms with Gasteiger partial charge in [-0.15, -0.1) is 0 Å². The molecule has 3 fully saturated rings. The SMILES string of the molecule is O=C(N[C@@H](C(=O)NCCC(=O)N1CCCC1)C1CC1)c1c[nH]c2ncc(C3CC3)nc12. The van der Waals surface area contributed by atoms with Crippen molar-refractivity contribution in [2.45, 2.75) is 56.9 Å². The zero-order valence-electron chi connectivity index (χ0n) is 17.5. The van der Waals surface area contributed by atoms with Gasteiger partial charge in [-0.2, -0.15) is 0 Å². The fraction of sp³-hybridized carbons (Fsp3) is 0.591. The molecule has 3 heterocycles. The van der Waals surface area contributed by atoms with E-state index in [0.717, 1.165) is 57.3 Å². The summed E-state index contributed by atoms with van der Waals surface area (Å²) in [5, 5.41) is 5.74. The highest BCUT2D eigenvalue weighted by molar-refractivity contribution is 6.06. The second-order valence-electron chi connectivity index (χ2n) is 8.89. The van der Waals surface area contributed by atoms with Crippen LogP contribution in [0.2, 0.25) is 0 Å². The number of rotatable bonds is 8. The minimum absolute atomic E-state index is 0.0774. The Bertz CT molecular complexity index is 1000. The second kappa shape index (κ2) is 8.28. The van der Waals surface area contributed by atoms with Crippen LogP contribution in [0.4, 0.5) is 0 Å². The van der Waals surface area contributed by atoms with Gasteiger partial charge in [-0.1, -0.05) is 0 Å². The smallest absolute Gasteiger partial charge is 0.255 e. The van der Waals surface area contributed by atoms with Crippen molar-refractivity contribution in [1.82, 2.24) is 30.5 Å². The Morgan fingerprint density at radius 1 is 1.16 bits per heavy atom. The predicted molar refractivity (Wildman–Crippen MR) is 113 cm³/mol. The summed E-state index contributed by atoms with van der Waals surface area (Å²) in [7, 11) is 0. The van der Waals surface area contributed by atoms with Crippen LogP contribution in [-0.2, 0) is 9.59 Å². The number of likely N-dealkylation sites (tertiary alicyclic amines) is 1. The molecule has 3 aliphatic rings. The van der Waals surface area contributed by atoms with Crippen molar-refractivity contribution in [2.75, 3.05) is 19.6 Å². The van der Waals surface area contributed by atoms with Crippen molar-refractivity contribution >= 4 is 28.9 Å². The van der Waals surface area contributed by atoms with Crippen LogP contribution in [-0.4, -0.2) is 63.2 Å². The predicted octanol–water partition coefficient (Wildman–Crippen LogP) is 1.47. The largest absolute Gasteiger partial charge is 0.354 e. The Hall–Kier alpha value is -2.97. The molecule has 9 nitrogen and oxygen atoms in total. The third-order valence-electron chi connectivity index (χ3n) is 6.40. The lowest BCUT2D eigenvalue weighted by Gasteiger charge is -2.19. The first-order valence-corrected chi connectivity index (χ1v) is 11.3. The highest BCUT2D eigenvalue weighted by Gasteiger charge is 2.38. The first-order valence-electron chi connectivity index (χ1n) is 11.3. The summed E-state index contributed by atoms with van der Waals surface area (Å²) in [6, 6.07) is -0.598. The van der Waals surface area contributed by atoms with Crippen molar-refractivity contribution in [2.24, 2.45) is 5.92 Å². The van der Waals surface area contributed by atoms with Crippen LogP contribution in [0.3, 0.4) is 0 Å². The Morgan fingerprint density at radius 2 is 1.94 bits per heavy atom. The maximum atomic E-state index is 13.0. The summed E-state index contributed by atoms with van der Waals surface area (Å²) >= 11 is 0. The van der Waals surface area contributed by atoms with Gasteiger partial charge in [0.1, 0.15) is 11.6 Å². The number of amides is 3. The van der Waals surface area contributed by atoms with E-state index in [4.69, 9.17) is 0 Å². The first-order chi connectivity index (χ1) is 15.1. The van der Waals surface area contributed by atoms with Gasteiger partial charge >= 0.3 is 0 Å². The molecule has 9 heteroatoms. The van der Waals surface area contributed by atoms with Gasteiger partial charge in [-0.05, 0) is 44.4 Å². The van der Waals surface area contributed by atoms with E-state index < -0.39 is 6.04 Å². The van der Waals surface area contributed by atoms with Gasteiger partial charge in [-0.3, -0.25) is 14.4 Å². The van der Waals surface area contributed by atoms with E-state index >= 15 is 0 Å². The molecule has 5 rings (SSSR count). The number of nitrogens with one attached hydrogen (secondary N) is 3. The molecule has 3 N–H and O–H groups in total. The first kappa shape index (κ1) is 20.0. The van der Waals surface area contributed by atoms with E-state index in [1.807, 2.05) is 4.90 Å². The molecule has 31 heavy (non-hydrogen) atoms. The molecule has 3 amide bonds. The van der Waals surface area contributed by atoms with Gasteiger partial charge in [0.2, 0.25) is 11.8 Å². The lowest BCUT2D eigenvalue weighted by atomic mass is 10.1. The van der Waals surface area contributed by atoms with E-state index in [1.54, 1.807) is 12.4 Å². The number of carbonyl (C=O) groups is 3. The molecule has 0 radical (unpaired) electrons. The average molecular weight is 425 g/mol. The summed E-state index contributed by atoms with van der Waals surface area (Å²) in [4.78, 5) is 51.8. The normalized spacial score (nSPS) is 19.4. The van der Waals surface area contributed by atoms with Gasteiger partial charge in [0.05, 0.1) is 17.5 Å².